The minimum atomic E-state index is -0.440. The summed E-state index contributed by atoms with van der Waals surface area (Å²) in [7, 11) is 0. The van der Waals surface area contributed by atoms with Crippen LogP contribution in [0, 0.1) is 10.1 Å². The number of likely N-dealkylation sites (N-methyl/N-ethyl adjacent to an activating group) is 1. The van der Waals surface area contributed by atoms with Gasteiger partial charge in [0, 0.05) is 24.2 Å². The maximum Gasteiger partial charge on any atom is 0.287 e. The Morgan fingerprint density at radius 2 is 2.33 bits per heavy atom. The quantitative estimate of drug-likeness (QED) is 0.589. The highest BCUT2D eigenvalue weighted by atomic mass is 16.6. The number of pyridine rings is 1. The van der Waals surface area contributed by atoms with Gasteiger partial charge in [0.25, 0.3) is 5.69 Å². The van der Waals surface area contributed by atoms with Crippen LogP contribution in [0.1, 0.15) is 19.5 Å². The first kappa shape index (κ1) is 11.6. The molecule has 0 radical (unpaired) electrons. The molecular formula is C10H15N3O2. The first-order valence-electron chi connectivity index (χ1n) is 4.96. The molecule has 1 unspecified atom stereocenters. The van der Waals surface area contributed by atoms with Crippen molar-refractivity contribution in [2.75, 3.05) is 6.54 Å². The van der Waals surface area contributed by atoms with E-state index in [9.17, 15) is 10.1 Å². The van der Waals surface area contributed by atoms with Crippen LogP contribution in [0.2, 0.25) is 0 Å². The van der Waals surface area contributed by atoms with Gasteiger partial charge in [0.05, 0.1) is 4.92 Å². The first-order valence-corrected chi connectivity index (χ1v) is 4.96. The van der Waals surface area contributed by atoms with Crippen LogP contribution in [0.15, 0.2) is 18.3 Å². The lowest BCUT2D eigenvalue weighted by atomic mass is 10.1. The third-order valence-corrected chi connectivity index (χ3v) is 2.09. The molecule has 1 heterocycles. The van der Waals surface area contributed by atoms with E-state index in [1.165, 1.54) is 12.3 Å². The average molecular weight is 209 g/mol. The number of hydrogen-bond acceptors (Lipinski definition) is 4. The van der Waals surface area contributed by atoms with Crippen LogP contribution < -0.4 is 5.32 Å². The van der Waals surface area contributed by atoms with Gasteiger partial charge in [-0.3, -0.25) is 15.1 Å². The van der Waals surface area contributed by atoms with Crippen molar-refractivity contribution in [1.29, 1.82) is 0 Å². The summed E-state index contributed by atoms with van der Waals surface area (Å²) in [4.78, 5) is 14.0. The van der Waals surface area contributed by atoms with Crippen LogP contribution in [0.25, 0.3) is 0 Å². The predicted molar refractivity (Wildman–Crippen MR) is 57.7 cm³/mol. The Bertz CT molecular complexity index is 324. The lowest BCUT2D eigenvalue weighted by Crippen LogP contribution is -2.27. The molecule has 0 fully saturated rings. The molecule has 1 atom stereocenters. The van der Waals surface area contributed by atoms with Crippen LogP contribution in [-0.2, 0) is 6.42 Å². The molecule has 1 aromatic heterocycles. The Balaban J connectivity index is 2.60. The van der Waals surface area contributed by atoms with Gasteiger partial charge in [0.2, 0.25) is 0 Å². The minimum absolute atomic E-state index is 0.0369. The van der Waals surface area contributed by atoms with E-state index in [4.69, 9.17) is 0 Å². The van der Waals surface area contributed by atoms with Crippen molar-refractivity contribution in [1.82, 2.24) is 10.3 Å². The molecule has 0 aliphatic carbocycles. The Labute approximate surface area is 88.7 Å². The zero-order chi connectivity index (χ0) is 11.3. The molecular weight excluding hydrogens is 194 g/mol. The van der Waals surface area contributed by atoms with Crippen molar-refractivity contribution >= 4 is 5.69 Å². The van der Waals surface area contributed by atoms with E-state index in [2.05, 4.69) is 17.2 Å². The number of nitro groups is 1. The van der Waals surface area contributed by atoms with Crippen LogP contribution in [-0.4, -0.2) is 22.5 Å². The summed E-state index contributed by atoms with van der Waals surface area (Å²) in [5.41, 5.74) is 0.906. The zero-order valence-corrected chi connectivity index (χ0v) is 8.93. The number of rotatable bonds is 5. The van der Waals surface area contributed by atoms with E-state index >= 15 is 0 Å². The molecule has 0 aliphatic rings. The molecule has 0 saturated heterocycles. The largest absolute Gasteiger partial charge is 0.314 e. The molecule has 0 amide bonds. The highest BCUT2D eigenvalue weighted by Crippen LogP contribution is 2.09. The molecule has 5 heteroatoms. The van der Waals surface area contributed by atoms with Gasteiger partial charge in [-0.15, -0.1) is 0 Å². The van der Waals surface area contributed by atoms with Gasteiger partial charge in [-0.2, -0.15) is 0 Å². The minimum Gasteiger partial charge on any atom is -0.314 e. The number of aromatic nitrogens is 1. The Morgan fingerprint density at radius 3 is 2.80 bits per heavy atom. The van der Waals surface area contributed by atoms with Crippen molar-refractivity contribution in [2.45, 2.75) is 26.3 Å². The fourth-order valence-corrected chi connectivity index (χ4v) is 1.38. The van der Waals surface area contributed by atoms with Crippen LogP contribution in [0.4, 0.5) is 5.69 Å². The highest BCUT2D eigenvalue weighted by molar-refractivity contribution is 5.26. The van der Waals surface area contributed by atoms with E-state index in [0.717, 1.165) is 18.7 Å². The average Bonchev–Trinajstić information content (AvgIpc) is 2.18. The first-order chi connectivity index (χ1) is 7.13. The molecule has 0 aliphatic heterocycles. The highest BCUT2D eigenvalue weighted by Gasteiger charge is 2.07. The second-order valence-corrected chi connectivity index (χ2v) is 3.43. The van der Waals surface area contributed by atoms with E-state index in [0.29, 0.717) is 6.04 Å². The molecule has 15 heavy (non-hydrogen) atoms. The standard InChI is InChI=1S/C10H15N3O2/c1-3-11-8(2)6-9-4-5-10(7-12-9)13(14)15/h4-5,7-8,11H,3,6H2,1-2H3. The van der Waals surface area contributed by atoms with Crippen LogP contribution in [0.5, 0.6) is 0 Å². The fourth-order valence-electron chi connectivity index (χ4n) is 1.38. The van der Waals surface area contributed by atoms with Crippen molar-refractivity contribution in [3.05, 3.63) is 34.1 Å². The van der Waals surface area contributed by atoms with Crippen LogP contribution >= 0.6 is 0 Å². The summed E-state index contributed by atoms with van der Waals surface area (Å²) in [5.74, 6) is 0. The molecule has 5 nitrogen and oxygen atoms in total. The summed E-state index contributed by atoms with van der Waals surface area (Å²) < 4.78 is 0. The number of nitrogens with zero attached hydrogens (tertiary/aromatic N) is 2. The molecule has 0 saturated carbocycles. The summed E-state index contributed by atoms with van der Waals surface area (Å²) in [5, 5.41) is 13.6. The third kappa shape index (κ3) is 3.63. The Morgan fingerprint density at radius 1 is 1.60 bits per heavy atom. The third-order valence-electron chi connectivity index (χ3n) is 2.09. The van der Waals surface area contributed by atoms with Gasteiger partial charge < -0.3 is 5.32 Å². The Kier molecular flexibility index (Phi) is 4.17. The summed E-state index contributed by atoms with van der Waals surface area (Å²) in [6.07, 6.45) is 2.08. The fraction of sp³-hybridized carbons (Fsp3) is 0.500. The maximum atomic E-state index is 10.4. The van der Waals surface area contributed by atoms with Crippen molar-refractivity contribution in [3.8, 4) is 0 Å². The van der Waals surface area contributed by atoms with E-state index in [-0.39, 0.29) is 5.69 Å². The molecule has 1 aromatic rings. The van der Waals surface area contributed by atoms with Gasteiger partial charge in [-0.05, 0) is 19.5 Å². The summed E-state index contributed by atoms with van der Waals surface area (Å²) in [6.45, 7) is 5.01. The molecule has 1 N–H and O–H groups in total. The molecule has 0 bridgehead atoms. The van der Waals surface area contributed by atoms with Gasteiger partial charge >= 0.3 is 0 Å². The number of hydrogen-bond donors (Lipinski definition) is 1. The number of nitrogens with one attached hydrogen (secondary N) is 1. The van der Waals surface area contributed by atoms with E-state index < -0.39 is 4.92 Å². The topological polar surface area (TPSA) is 68.1 Å². The normalized spacial score (nSPS) is 12.4. The second kappa shape index (κ2) is 5.41. The van der Waals surface area contributed by atoms with E-state index in [1.807, 2.05) is 6.92 Å². The lowest BCUT2D eigenvalue weighted by molar-refractivity contribution is -0.385. The lowest BCUT2D eigenvalue weighted by Gasteiger charge is -2.10. The smallest absolute Gasteiger partial charge is 0.287 e. The van der Waals surface area contributed by atoms with E-state index in [1.54, 1.807) is 6.07 Å². The zero-order valence-electron chi connectivity index (χ0n) is 8.93. The van der Waals surface area contributed by atoms with Gasteiger partial charge in [0.15, 0.2) is 0 Å². The predicted octanol–water partition coefficient (Wildman–Crippen LogP) is 1.53. The SMILES string of the molecule is CCNC(C)Cc1ccc([N+](=O)[O-])cn1. The Hall–Kier alpha value is -1.49. The van der Waals surface area contributed by atoms with Gasteiger partial charge in [-0.25, -0.2) is 0 Å². The molecule has 0 aromatic carbocycles. The van der Waals surface area contributed by atoms with Crippen molar-refractivity contribution in [3.63, 3.8) is 0 Å². The van der Waals surface area contributed by atoms with Gasteiger partial charge in [-0.1, -0.05) is 6.92 Å². The molecule has 82 valence electrons. The van der Waals surface area contributed by atoms with Crippen LogP contribution in [0.3, 0.4) is 0 Å². The summed E-state index contributed by atoms with van der Waals surface area (Å²) >= 11 is 0. The molecule has 1 rings (SSSR count). The van der Waals surface area contributed by atoms with Crippen molar-refractivity contribution < 1.29 is 4.92 Å². The molecule has 0 spiro atoms. The monoisotopic (exact) mass is 209 g/mol. The van der Waals surface area contributed by atoms with Gasteiger partial charge in [0.1, 0.15) is 6.20 Å². The summed E-state index contributed by atoms with van der Waals surface area (Å²) in [6, 6.07) is 3.52. The second-order valence-electron chi connectivity index (χ2n) is 3.43. The maximum absolute atomic E-state index is 10.4. The van der Waals surface area contributed by atoms with Crippen molar-refractivity contribution in [2.24, 2.45) is 0 Å².